The first-order valence-corrected chi connectivity index (χ1v) is 6.38. The van der Waals surface area contributed by atoms with Crippen molar-refractivity contribution in [3.05, 3.63) is 29.8 Å². The first-order chi connectivity index (χ1) is 9.08. The van der Waals surface area contributed by atoms with Crippen LogP contribution in [0.3, 0.4) is 0 Å². The second-order valence-electron chi connectivity index (χ2n) is 4.48. The monoisotopic (exact) mass is 267 g/mol. The zero-order valence-electron chi connectivity index (χ0n) is 11.1. The van der Waals surface area contributed by atoms with Crippen molar-refractivity contribution in [2.75, 3.05) is 19.7 Å². The molecule has 0 heterocycles. The highest BCUT2D eigenvalue weighted by atomic mass is 16.5. The lowest BCUT2D eigenvalue weighted by Crippen LogP contribution is -2.32. The Kier molecular flexibility index (Phi) is 6.92. The van der Waals surface area contributed by atoms with Crippen LogP contribution in [0.25, 0.3) is 0 Å². The minimum Gasteiger partial charge on any atom is -0.491 e. The molecular formula is C14H21NO4. The molecule has 0 aliphatic rings. The summed E-state index contributed by atoms with van der Waals surface area (Å²) in [5.41, 5.74) is 1.16. The predicted molar refractivity (Wildman–Crippen MR) is 72.4 cm³/mol. The van der Waals surface area contributed by atoms with Crippen LogP contribution in [0.5, 0.6) is 5.75 Å². The number of benzene rings is 1. The summed E-state index contributed by atoms with van der Waals surface area (Å²) in [6.45, 7) is 3.19. The van der Waals surface area contributed by atoms with Crippen molar-refractivity contribution in [1.29, 1.82) is 0 Å². The van der Waals surface area contributed by atoms with Crippen LogP contribution < -0.4 is 10.1 Å². The fourth-order valence-electron chi connectivity index (χ4n) is 1.52. The molecule has 0 saturated carbocycles. The number of hydrogen-bond donors (Lipinski definition) is 3. The Bertz CT molecular complexity index is 378. The van der Waals surface area contributed by atoms with E-state index < -0.39 is 12.1 Å². The van der Waals surface area contributed by atoms with Gasteiger partial charge >= 0.3 is 5.97 Å². The number of rotatable bonds is 9. The second kappa shape index (κ2) is 8.50. The summed E-state index contributed by atoms with van der Waals surface area (Å²) in [7, 11) is 0. The molecule has 1 unspecified atom stereocenters. The molecule has 5 heteroatoms. The van der Waals surface area contributed by atoms with Gasteiger partial charge in [0.25, 0.3) is 0 Å². The topological polar surface area (TPSA) is 78.8 Å². The van der Waals surface area contributed by atoms with Crippen LogP contribution >= 0.6 is 0 Å². The summed E-state index contributed by atoms with van der Waals surface area (Å²) < 4.78 is 5.43. The third-order valence-electron chi connectivity index (χ3n) is 2.59. The molecule has 1 aromatic rings. The van der Waals surface area contributed by atoms with Crippen molar-refractivity contribution in [2.24, 2.45) is 0 Å². The van der Waals surface area contributed by atoms with Crippen molar-refractivity contribution < 1.29 is 19.7 Å². The van der Waals surface area contributed by atoms with E-state index >= 15 is 0 Å². The van der Waals surface area contributed by atoms with Gasteiger partial charge in [0.2, 0.25) is 0 Å². The van der Waals surface area contributed by atoms with Gasteiger partial charge in [-0.15, -0.1) is 0 Å². The number of carbonyl (C=O) groups is 1. The Labute approximate surface area is 113 Å². The van der Waals surface area contributed by atoms with Gasteiger partial charge < -0.3 is 20.3 Å². The van der Waals surface area contributed by atoms with Gasteiger partial charge in [0, 0.05) is 13.0 Å². The standard InChI is InChI=1S/C14H21NO4/c1-11-4-6-13(7-5-11)19-10-12(16)9-15-8-2-3-14(17)18/h4-7,12,15-16H,2-3,8-10H2,1H3,(H,17,18). The van der Waals surface area contributed by atoms with Crippen LogP contribution in [-0.4, -0.2) is 42.0 Å². The van der Waals surface area contributed by atoms with Gasteiger partial charge in [0.1, 0.15) is 18.5 Å². The maximum Gasteiger partial charge on any atom is 0.303 e. The number of ether oxygens (including phenoxy) is 1. The van der Waals surface area contributed by atoms with Gasteiger partial charge in [-0.1, -0.05) is 17.7 Å². The van der Waals surface area contributed by atoms with E-state index in [-0.39, 0.29) is 13.0 Å². The molecule has 3 N–H and O–H groups in total. The van der Waals surface area contributed by atoms with Crippen LogP contribution in [0, 0.1) is 6.92 Å². The minimum atomic E-state index is -0.801. The average molecular weight is 267 g/mol. The van der Waals surface area contributed by atoms with E-state index in [4.69, 9.17) is 9.84 Å². The number of carboxylic acid groups (broad SMARTS) is 1. The molecule has 1 aromatic carbocycles. The summed E-state index contributed by atoms with van der Waals surface area (Å²) in [6.07, 6.45) is 0.0928. The molecule has 0 aliphatic heterocycles. The molecule has 0 aromatic heterocycles. The highest BCUT2D eigenvalue weighted by Gasteiger charge is 2.05. The van der Waals surface area contributed by atoms with Gasteiger partial charge in [0.15, 0.2) is 0 Å². The Balaban J connectivity index is 2.09. The smallest absolute Gasteiger partial charge is 0.303 e. The molecule has 1 atom stereocenters. The molecule has 0 aliphatic carbocycles. The Morgan fingerprint density at radius 1 is 1.37 bits per heavy atom. The highest BCUT2D eigenvalue weighted by molar-refractivity contribution is 5.66. The number of hydrogen-bond acceptors (Lipinski definition) is 4. The van der Waals surface area contributed by atoms with E-state index in [1.165, 1.54) is 0 Å². The van der Waals surface area contributed by atoms with Gasteiger partial charge in [0.05, 0.1) is 0 Å². The maximum absolute atomic E-state index is 10.3. The Morgan fingerprint density at radius 3 is 2.68 bits per heavy atom. The quantitative estimate of drug-likeness (QED) is 0.586. The molecule has 19 heavy (non-hydrogen) atoms. The van der Waals surface area contributed by atoms with E-state index in [2.05, 4.69) is 5.32 Å². The average Bonchev–Trinajstić information content (AvgIpc) is 2.37. The molecule has 5 nitrogen and oxygen atoms in total. The van der Waals surface area contributed by atoms with E-state index in [1.807, 2.05) is 31.2 Å². The summed E-state index contributed by atoms with van der Waals surface area (Å²) in [6, 6.07) is 7.63. The molecule has 0 amide bonds. The van der Waals surface area contributed by atoms with Gasteiger partial charge in [-0.3, -0.25) is 4.79 Å². The van der Waals surface area contributed by atoms with Crippen LogP contribution in [0.4, 0.5) is 0 Å². The van der Waals surface area contributed by atoms with Gasteiger partial charge in [-0.25, -0.2) is 0 Å². The summed E-state index contributed by atoms with van der Waals surface area (Å²) in [5, 5.41) is 21.1. The fraction of sp³-hybridized carbons (Fsp3) is 0.500. The summed E-state index contributed by atoms with van der Waals surface area (Å²) >= 11 is 0. The highest BCUT2D eigenvalue weighted by Crippen LogP contribution is 2.11. The zero-order valence-corrected chi connectivity index (χ0v) is 11.1. The van der Waals surface area contributed by atoms with Crippen molar-refractivity contribution in [1.82, 2.24) is 5.32 Å². The van der Waals surface area contributed by atoms with Crippen molar-refractivity contribution in [3.8, 4) is 5.75 Å². The van der Waals surface area contributed by atoms with Crippen LogP contribution in [0.15, 0.2) is 24.3 Å². The number of aliphatic carboxylic acids is 1. The number of aryl methyl sites for hydroxylation is 1. The van der Waals surface area contributed by atoms with Crippen LogP contribution in [0.2, 0.25) is 0 Å². The molecule has 106 valence electrons. The first-order valence-electron chi connectivity index (χ1n) is 6.38. The SMILES string of the molecule is Cc1ccc(OCC(O)CNCCCC(=O)O)cc1. The number of aliphatic hydroxyl groups is 1. The normalized spacial score (nSPS) is 12.1. The lowest BCUT2D eigenvalue weighted by molar-refractivity contribution is -0.137. The molecule has 0 spiro atoms. The fourth-order valence-corrected chi connectivity index (χ4v) is 1.52. The van der Waals surface area contributed by atoms with E-state index in [9.17, 15) is 9.90 Å². The lowest BCUT2D eigenvalue weighted by atomic mass is 10.2. The Morgan fingerprint density at radius 2 is 2.05 bits per heavy atom. The van der Waals surface area contributed by atoms with E-state index in [0.717, 1.165) is 11.3 Å². The molecule has 0 radical (unpaired) electrons. The van der Waals surface area contributed by atoms with Crippen LogP contribution in [-0.2, 0) is 4.79 Å². The molecule has 1 rings (SSSR count). The number of carboxylic acids is 1. The molecular weight excluding hydrogens is 246 g/mol. The van der Waals surface area contributed by atoms with E-state index in [0.29, 0.717) is 19.5 Å². The number of aliphatic hydroxyl groups excluding tert-OH is 1. The first kappa shape index (κ1) is 15.5. The molecule has 0 fully saturated rings. The third kappa shape index (κ3) is 7.43. The Hall–Kier alpha value is -1.59. The third-order valence-corrected chi connectivity index (χ3v) is 2.59. The predicted octanol–water partition coefficient (Wildman–Crippen LogP) is 1.19. The maximum atomic E-state index is 10.3. The largest absolute Gasteiger partial charge is 0.491 e. The second-order valence-corrected chi connectivity index (χ2v) is 4.48. The molecule has 0 bridgehead atoms. The summed E-state index contributed by atoms with van der Waals surface area (Å²) in [4.78, 5) is 10.3. The summed E-state index contributed by atoms with van der Waals surface area (Å²) in [5.74, 6) is -0.0689. The van der Waals surface area contributed by atoms with E-state index in [1.54, 1.807) is 0 Å². The van der Waals surface area contributed by atoms with Gasteiger partial charge in [-0.05, 0) is 32.0 Å². The minimum absolute atomic E-state index is 0.142. The van der Waals surface area contributed by atoms with Crippen molar-refractivity contribution in [2.45, 2.75) is 25.9 Å². The lowest BCUT2D eigenvalue weighted by Gasteiger charge is -2.13. The zero-order chi connectivity index (χ0) is 14.1. The van der Waals surface area contributed by atoms with Crippen molar-refractivity contribution >= 4 is 5.97 Å². The molecule has 0 saturated heterocycles. The number of nitrogens with one attached hydrogen (secondary N) is 1. The van der Waals surface area contributed by atoms with Gasteiger partial charge in [-0.2, -0.15) is 0 Å². The van der Waals surface area contributed by atoms with Crippen molar-refractivity contribution in [3.63, 3.8) is 0 Å². The van der Waals surface area contributed by atoms with Crippen LogP contribution in [0.1, 0.15) is 18.4 Å².